The second-order valence-electron chi connectivity index (χ2n) is 8.83. The summed E-state index contributed by atoms with van der Waals surface area (Å²) in [5.41, 5.74) is -1.66. The highest BCUT2D eigenvalue weighted by atomic mass is 16.6. The number of rotatable bonds is 18. The summed E-state index contributed by atoms with van der Waals surface area (Å²) in [5, 5.41) is 0. The Bertz CT molecular complexity index is 649. The number of ketones is 1. The first-order valence-corrected chi connectivity index (χ1v) is 12.7. The Morgan fingerprint density at radius 3 is 1.82 bits per heavy atom. The maximum absolute atomic E-state index is 13.0. The highest BCUT2D eigenvalue weighted by molar-refractivity contribution is 5.83. The Hall–Kier alpha value is -1.96. The van der Waals surface area contributed by atoms with E-state index in [0.29, 0.717) is 45.1 Å². The van der Waals surface area contributed by atoms with Gasteiger partial charge in [-0.05, 0) is 52.4 Å². The number of carbonyl (C=O) groups is 4. The fourth-order valence-electron chi connectivity index (χ4n) is 4.35. The van der Waals surface area contributed by atoms with Crippen LogP contribution in [-0.2, 0) is 38.1 Å². The number of hydrogen-bond acceptors (Lipinski definition) is 8. The highest BCUT2D eigenvalue weighted by Crippen LogP contribution is 2.48. The first-order chi connectivity index (χ1) is 16.0. The van der Waals surface area contributed by atoms with Crippen molar-refractivity contribution in [2.45, 2.75) is 125 Å². The van der Waals surface area contributed by atoms with Gasteiger partial charge < -0.3 is 18.9 Å². The minimum absolute atomic E-state index is 0.0183. The Morgan fingerprint density at radius 1 is 0.765 bits per heavy atom. The van der Waals surface area contributed by atoms with Crippen LogP contribution in [0.5, 0.6) is 0 Å². The van der Waals surface area contributed by atoms with Gasteiger partial charge in [-0.2, -0.15) is 0 Å². The van der Waals surface area contributed by atoms with Gasteiger partial charge in [0.15, 0.2) is 18.0 Å². The molecule has 0 rings (SSSR count). The molecule has 2 atom stereocenters. The van der Waals surface area contributed by atoms with E-state index in [1.165, 1.54) is 6.92 Å². The van der Waals surface area contributed by atoms with Crippen LogP contribution in [0.15, 0.2) is 0 Å². The molecule has 0 radical (unpaired) electrons. The van der Waals surface area contributed by atoms with Crippen molar-refractivity contribution in [2.75, 3.05) is 13.2 Å². The van der Waals surface area contributed by atoms with Crippen LogP contribution in [0.1, 0.15) is 107 Å². The van der Waals surface area contributed by atoms with Crippen molar-refractivity contribution in [3.63, 3.8) is 0 Å². The molecule has 2 unspecified atom stereocenters. The lowest BCUT2D eigenvalue weighted by atomic mass is 9.63. The molecule has 198 valence electrons. The zero-order valence-corrected chi connectivity index (χ0v) is 22.5. The smallest absolute Gasteiger partial charge is 0.347 e. The lowest BCUT2D eigenvalue weighted by Crippen LogP contribution is -2.53. The van der Waals surface area contributed by atoms with Gasteiger partial charge in [-0.1, -0.05) is 41.5 Å². The van der Waals surface area contributed by atoms with E-state index in [0.717, 1.165) is 6.42 Å². The molecule has 34 heavy (non-hydrogen) atoms. The summed E-state index contributed by atoms with van der Waals surface area (Å²) in [5.74, 6) is -1.91. The molecule has 0 saturated heterocycles. The molecule has 0 N–H and O–H groups in total. The van der Waals surface area contributed by atoms with Gasteiger partial charge in [0.25, 0.3) is 0 Å². The predicted molar refractivity (Wildman–Crippen MR) is 129 cm³/mol. The summed E-state index contributed by atoms with van der Waals surface area (Å²) >= 11 is 0. The number of carbonyl (C=O) groups excluding carboxylic acids is 4. The molecule has 0 heterocycles. The summed E-state index contributed by atoms with van der Waals surface area (Å²) in [4.78, 5) is 49.7. The lowest BCUT2D eigenvalue weighted by molar-refractivity contribution is -0.200. The van der Waals surface area contributed by atoms with Crippen molar-refractivity contribution in [3.8, 4) is 0 Å². The minimum Gasteiger partial charge on any atom is -0.458 e. The van der Waals surface area contributed by atoms with Crippen LogP contribution >= 0.6 is 0 Å². The number of esters is 3. The summed E-state index contributed by atoms with van der Waals surface area (Å²) in [7, 11) is 0. The van der Waals surface area contributed by atoms with Crippen molar-refractivity contribution >= 4 is 23.7 Å². The molecule has 8 heteroatoms. The van der Waals surface area contributed by atoms with E-state index in [1.54, 1.807) is 6.92 Å². The molecular formula is C26H46O8. The molecule has 0 spiro atoms. The molecule has 0 aromatic carbocycles. The maximum atomic E-state index is 13.0. The van der Waals surface area contributed by atoms with E-state index < -0.39 is 41.1 Å². The molecule has 8 nitrogen and oxygen atoms in total. The van der Waals surface area contributed by atoms with E-state index >= 15 is 0 Å². The predicted octanol–water partition coefficient (Wildman–Crippen LogP) is 4.94. The Balaban J connectivity index is 5.54. The third kappa shape index (κ3) is 9.01. The molecule has 0 aromatic heterocycles. The quantitative estimate of drug-likeness (QED) is 0.198. The van der Waals surface area contributed by atoms with Gasteiger partial charge in [0, 0.05) is 18.4 Å². The first-order valence-electron chi connectivity index (χ1n) is 12.7. The van der Waals surface area contributed by atoms with Gasteiger partial charge in [-0.3, -0.25) is 9.59 Å². The SMILES string of the molecule is CCCOC(C)C(=O)OC(C)C(=O)OC(CC)(CC)C(CC)(CC)CC(=O)OCC(=O)CCC. The molecule has 0 aromatic rings. The van der Waals surface area contributed by atoms with Gasteiger partial charge in [-0.25, -0.2) is 9.59 Å². The van der Waals surface area contributed by atoms with E-state index in [9.17, 15) is 19.2 Å². The lowest BCUT2D eigenvalue weighted by Gasteiger charge is -2.48. The van der Waals surface area contributed by atoms with Gasteiger partial charge in [0.1, 0.15) is 12.2 Å². The second-order valence-corrected chi connectivity index (χ2v) is 8.83. The molecule has 0 saturated carbocycles. The number of Topliss-reactive ketones (excluding diaryl/α,β-unsaturated/α-hetero) is 1. The standard InChI is InChI=1S/C26H46O8/c1-9-15-21(27)18-32-22(28)17-25(11-3,12-4)26(13-5,14-6)34-24(30)20(8)33-23(29)19(7)31-16-10-2/h19-20H,9-18H2,1-8H3. The van der Waals surface area contributed by atoms with Crippen molar-refractivity contribution in [1.82, 2.24) is 0 Å². The zero-order valence-electron chi connectivity index (χ0n) is 22.5. The normalized spacial score (nSPS) is 13.6. The average molecular weight is 487 g/mol. The molecular weight excluding hydrogens is 440 g/mol. The van der Waals surface area contributed by atoms with E-state index in [1.807, 2.05) is 41.5 Å². The van der Waals surface area contributed by atoms with Crippen LogP contribution in [-0.4, -0.2) is 54.7 Å². The number of ether oxygens (including phenoxy) is 4. The van der Waals surface area contributed by atoms with Crippen LogP contribution in [0.25, 0.3) is 0 Å². The van der Waals surface area contributed by atoms with Crippen molar-refractivity contribution in [1.29, 1.82) is 0 Å². The van der Waals surface area contributed by atoms with Crippen molar-refractivity contribution < 1.29 is 38.1 Å². The monoisotopic (exact) mass is 486 g/mol. The molecule has 0 aliphatic carbocycles. The third-order valence-corrected chi connectivity index (χ3v) is 6.69. The fraction of sp³-hybridized carbons (Fsp3) is 0.846. The maximum Gasteiger partial charge on any atom is 0.347 e. The van der Waals surface area contributed by atoms with Crippen molar-refractivity contribution in [2.24, 2.45) is 5.41 Å². The van der Waals surface area contributed by atoms with Crippen LogP contribution in [0.3, 0.4) is 0 Å². The Kier molecular flexibility index (Phi) is 14.9. The van der Waals surface area contributed by atoms with Crippen LogP contribution in [0, 0.1) is 5.41 Å². The summed E-state index contributed by atoms with van der Waals surface area (Å²) in [6, 6.07) is 0. The largest absolute Gasteiger partial charge is 0.458 e. The van der Waals surface area contributed by atoms with E-state index in [2.05, 4.69) is 0 Å². The van der Waals surface area contributed by atoms with Crippen LogP contribution < -0.4 is 0 Å². The highest BCUT2D eigenvalue weighted by Gasteiger charge is 2.52. The topological polar surface area (TPSA) is 105 Å². The van der Waals surface area contributed by atoms with Gasteiger partial charge >= 0.3 is 17.9 Å². The summed E-state index contributed by atoms with van der Waals surface area (Å²) < 4.78 is 21.9. The minimum atomic E-state index is -1.12. The van der Waals surface area contributed by atoms with E-state index in [4.69, 9.17) is 18.9 Å². The first kappa shape index (κ1) is 32.0. The Labute approximate surface area is 205 Å². The van der Waals surface area contributed by atoms with Crippen molar-refractivity contribution in [3.05, 3.63) is 0 Å². The summed E-state index contributed by atoms with van der Waals surface area (Å²) in [6.45, 7) is 14.7. The third-order valence-electron chi connectivity index (χ3n) is 6.69. The molecule has 0 bridgehead atoms. The van der Waals surface area contributed by atoms with Gasteiger partial charge in [0.05, 0.1) is 6.42 Å². The van der Waals surface area contributed by atoms with E-state index in [-0.39, 0.29) is 18.8 Å². The molecule has 0 aliphatic heterocycles. The van der Waals surface area contributed by atoms with Gasteiger partial charge in [0.2, 0.25) is 0 Å². The zero-order chi connectivity index (χ0) is 26.4. The number of hydrogen-bond donors (Lipinski definition) is 0. The van der Waals surface area contributed by atoms with Gasteiger partial charge in [-0.15, -0.1) is 0 Å². The van der Waals surface area contributed by atoms with Crippen LogP contribution in [0.4, 0.5) is 0 Å². The fourth-order valence-corrected chi connectivity index (χ4v) is 4.35. The molecule has 0 fully saturated rings. The average Bonchev–Trinajstić information content (AvgIpc) is 2.83. The Morgan fingerprint density at radius 2 is 1.35 bits per heavy atom. The molecule has 0 amide bonds. The van der Waals surface area contributed by atoms with Crippen LogP contribution in [0.2, 0.25) is 0 Å². The molecule has 0 aliphatic rings. The second kappa shape index (κ2) is 15.8. The summed E-state index contributed by atoms with van der Waals surface area (Å²) in [6.07, 6.45) is 1.99.